The van der Waals surface area contributed by atoms with Crippen molar-refractivity contribution < 1.29 is 19.1 Å². The van der Waals surface area contributed by atoms with Crippen LogP contribution in [0.25, 0.3) is 0 Å². The molecule has 9 heteroatoms. The van der Waals surface area contributed by atoms with Gasteiger partial charge in [-0.25, -0.2) is 9.59 Å². The zero-order valence-corrected chi connectivity index (χ0v) is 18.6. The van der Waals surface area contributed by atoms with E-state index in [2.05, 4.69) is 0 Å². The molecule has 0 saturated carbocycles. The highest BCUT2D eigenvalue weighted by Gasteiger charge is 2.24. The van der Waals surface area contributed by atoms with Crippen LogP contribution < -0.4 is 21.7 Å². The van der Waals surface area contributed by atoms with E-state index in [1.165, 1.54) is 14.0 Å². The molecule has 0 spiro atoms. The Labute approximate surface area is 190 Å². The van der Waals surface area contributed by atoms with Crippen molar-refractivity contribution in [3.05, 3.63) is 92.1 Å². The van der Waals surface area contributed by atoms with Crippen molar-refractivity contribution in [3.63, 3.8) is 0 Å². The van der Waals surface area contributed by atoms with Gasteiger partial charge in [0.05, 0.1) is 6.54 Å². The van der Waals surface area contributed by atoms with Crippen molar-refractivity contribution in [1.29, 1.82) is 0 Å². The number of ketones is 1. The molecule has 3 rings (SSSR count). The summed E-state index contributed by atoms with van der Waals surface area (Å²) in [4.78, 5) is 50.2. The first-order chi connectivity index (χ1) is 15.7. The lowest BCUT2D eigenvalue weighted by molar-refractivity contribution is -0.149. The summed E-state index contributed by atoms with van der Waals surface area (Å²) in [6.45, 7) is 2.76. The average Bonchev–Trinajstić information content (AvgIpc) is 2.81. The number of anilines is 1. The van der Waals surface area contributed by atoms with E-state index in [1.54, 1.807) is 36.4 Å². The van der Waals surface area contributed by atoms with Crippen molar-refractivity contribution in [2.75, 3.05) is 12.3 Å². The summed E-state index contributed by atoms with van der Waals surface area (Å²) in [5.41, 5.74) is 5.92. The number of Topliss-reactive ketones (excluding diaryl/α,β-unsaturated/α-hetero) is 1. The number of nitrogen functional groups attached to an aromatic ring is 1. The molecule has 3 aromatic rings. The minimum Gasteiger partial charge on any atom is -0.479 e. The first kappa shape index (κ1) is 23.5. The summed E-state index contributed by atoms with van der Waals surface area (Å²) in [5, 5.41) is 0. The molecule has 0 aliphatic heterocycles. The molecule has 9 nitrogen and oxygen atoms in total. The highest BCUT2D eigenvalue weighted by molar-refractivity contribution is 6.01. The van der Waals surface area contributed by atoms with Crippen molar-refractivity contribution in [2.24, 2.45) is 7.05 Å². The summed E-state index contributed by atoms with van der Waals surface area (Å²) in [6.07, 6.45) is -0.979. The molecule has 0 radical (unpaired) electrons. The largest absolute Gasteiger partial charge is 0.479 e. The third-order valence-corrected chi connectivity index (χ3v) is 5.06. The van der Waals surface area contributed by atoms with Gasteiger partial charge >= 0.3 is 11.7 Å². The third kappa shape index (κ3) is 5.38. The molecule has 0 bridgehead atoms. The van der Waals surface area contributed by atoms with Crippen molar-refractivity contribution in [1.82, 2.24) is 9.13 Å². The fourth-order valence-electron chi connectivity index (χ4n) is 3.16. The number of ether oxygens (including phenoxy) is 2. The molecule has 33 heavy (non-hydrogen) atoms. The predicted octanol–water partition coefficient (Wildman–Crippen LogP) is 1.68. The van der Waals surface area contributed by atoms with Crippen molar-refractivity contribution in [2.45, 2.75) is 26.5 Å². The molecular weight excluding hydrogens is 426 g/mol. The molecule has 0 aliphatic rings. The maximum absolute atomic E-state index is 12.8. The second-order valence-corrected chi connectivity index (χ2v) is 7.58. The number of aromatic nitrogens is 2. The van der Waals surface area contributed by atoms with Gasteiger partial charge in [0, 0.05) is 7.05 Å². The predicted molar refractivity (Wildman–Crippen MR) is 122 cm³/mol. The van der Waals surface area contributed by atoms with Crippen LogP contribution in [-0.2, 0) is 23.1 Å². The molecule has 0 amide bonds. The van der Waals surface area contributed by atoms with Crippen molar-refractivity contribution in [3.8, 4) is 5.75 Å². The molecule has 0 aliphatic carbocycles. The summed E-state index contributed by atoms with van der Waals surface area (Å²) in [6, 6.07) is 16.1. The van der Waals surface area contributed by atoms with Gasteiger partial charge in [0.2, 0.25) is 5.78 Å². The summed E-state index contributed by atoms with van der Waals surface area (Å²) >= 11 is 0. The fourth-order valence-corrected chi connectivity index (χ4v) is 3.16. The Balaban J connectivity index is 1.76. The molecule has 2 aromatic carbocycles. The molecule has 0 fully saturated rings. The van der Waals surface area contributed by atoms with Gasteiger partial charge in [-0.2, -0.15) is 0 Å². The van der Waals surface area contributed by atoms with Gasteiger partial charge in [-0.1, -0.05) is 48.0 Å². The topological polar surface area (TPSA) is 123 Å². The van der Waals surface area contributed by atoms with Crippen molar-refractivity contribution >= 4 is 17.6 Å². The smallest absolute Gasteiger partial charge is 0.347 e. The zero-order valence-electron chi connectivity index (χ0n) is 18.6. The van der Waals surface area contributed by atoms with Crippen LogP contribution in [0.4, 0.5) is 5.82 Å². The van der Waals surface area contributed by atoms with Crippen LogP contribution >= 0.6 is 0 Å². The van der Waals surface area contributed by atoms with Crippen LogP contribution in [0.1, 0.15) is 28.4 Å². The van der Waals surface area contributed by atoms with E-state index >= 15 is 0 Å². The lowest BCUT2D eigenvalue weighted by Crippen LogP contribution is -2.43. The Bertz CT molecular complexity index is 1280. The standard InChI is InChI=1S/C24H25N3O6/c1-15-9-11-18(12-10-15)33-16(2)23(30)32-14-19(28)20-21(25)27(24(31)26(3)22(20)29)13-17-7-5-4-6-8-17/h4-12,16H,13-14,25H2,1-3H3. The molecule has 1 unspecified atom stereocenters. The quantitative estimate of drug-likeness (QED) is 0.408. The van der Waals surface area contributed by atoms with E-state index in [1.807, 2.05) is 25.1 Å². The van der Waals surface area contributed by atoms with Gasteiger partial charge in [0.25, 0.3) is 5.56 Å². The van der Waals surface area contributed by atoms with Gasteiger partial charge in [-0.05, 0) is 31.5 Å². The van der Waals surface area contributed by atoms with Gasteiger partial charge in [-0.15, -0.1) is 0 Å². The van der Waals surface area contributed by atoms with Gasteiger partial charge in [-0.3, -0.25) is 18.7 Å². The zero-order chi connectivity index (χ0) is 24.1. The molecule has 1 heterocycles. The molecule has 0 saturated heterocycles. The van der Waals surface area contributed by atoms with Crippen LogP contribution in [0.2, 0.25) is 0 Å². The molecule has 1 aromatic heterocycles. The Kier molecular flexibility index (Phi) is 7.12. The number of aryl methyl sites for hydroxylation is 1. The normalized spacial score (nSPS) is 11.6. The highest BCUT2D eigenvalue weighted by atomic mass is 16.6. The number of nitrogens with zero attached hydrogens (tertiary/aromatic N) is 2. The fraction of sp³-hybridized carbons (Fsp3) is 0.250. The Morgan fingerprint density at radius 2 is 1.67 bits per heavy atom. The Morgan fingerprint density at radius 1 is 1.03 bits per heavy atom. The van der Waals surface area contributed by atoms with Crippen LogP contribution in [0.15, 0.2) is 64.2 Å². The Hall–Kier alpha value is -4.14. The number of nitrogens with two attached hydrogens (primary N) is 1. The van der Waals surface area contributed by atoms with Crippen LogP contribution in [-0.4, -0.2) is 33.6 Å². The highest BCUT2D eigenvalue weighted by Crippen LogP contribution is 2.14. The molecule has 2 N–H and O–H groups in total. The van der Waals surface area contributed by atoms with Gasteiger partial charge in [0.15, 0.2) is 12.7 Å². The van der Waals surface area contributed by atoms with Gasteiger partial charge in [0.1, 0.15) is 17.1 Å². The first-order valence-electron chi connectivity index (χ1n) is 10.3. The van der Waals surface area contributed by atoms with Gasteiger partial charge < -0.3 is 15.2 Å². The lowest BCUT2D eigenvalue weighted by Gasteiger charge is -2.16. The van der Waals surface area contributed by atoms with E-state index in [9.17, 15) is 19.2 Å². The monoisotopic (exact) mass is 451 g/mol. The summed E-state index contributed by atoms with van der Waals surface area (Å²) in [5.74, 6) is -1.40. The maximum atomic E-state index is 12.8. The van der Waals surface area contributed by atoms with E-state index in [0.29, 0.717) is 5.75 Å². The molecular formula is C24H25N3O6. The number of carbonyl (C=O) groups excluding carboxylic acids is 2. The van der Waals surface area contributed by atoms with E-state index in [4.69, 9.17) is 15.2 Å². The first-order valence-corrected chi connectivity index (χ1v) is 10.3. The Morgan fingerprint density at radius 3 is 2.30 bits per heavy atom. The van der Waals surface area contributed by atoms with Crippen LogP contribution in [0, 0.1) is 6.92 Å². The average molecular weight is 451 g/mol. The molecule has 172 valence electrons. The minimum atomic E-state index is -0.979. The number of benzene rings is 2. The summed E-state index contributed by atoms with van der Waals surface area (Å²) < 4.78 is 12.5. The minimum absolute atomic E-state index is 0.0706. The number of rotatable bonds is 8. The van der Waals surface area contributed by atoms with E-state index < -0.39 is 41.3 Å². The second-order valence-electron chi connectivity index (χ2n) is 7.58. The molecule has 1 atom stereocenters. The van der Waals surface area contributed by atoms with Crippen LogP contribution in [0.5, 0.6) is 5.75 Å². The van der Waals surface area contributed by atoms with E-state index in [0.717, 1.165) is 20.3 Å². The SMILES string of the molecule is Cc1ccc(OC(C)C(=O)OCC(=O)c2c(N)n(Cc3ccccc3)c(=O)n(C)c2=O)cc1. The number of hydrogen-bond donors (Lipinski definition) is 1. The van der Waals surface area contributed by atoms with Crippen LogP contribution in [0.3, 0.4) is 0 Å². The number of carbonyl (C=O) groups is 2. The number of hydrogen-bond acceptors (Lipinski definition) is 7. The van der Waals surface area contributed by atoms with E-state index in [-0.39, 0.29) is 12.4 Å². The maximum Gasteiger partial charge on any atom is 0.347 e. The lowest BCUT2D eigenvalue weighted by atomic mass is 10.2. The third-order valence-electron chi connectivity index (χ3n) is 5.06. The summed E-state index contributed by atoms with van der Waals surface area (Å²) in [7, 11) is 1.26. The number of esters is 1. The second kappa shape index (κ2) is 9.99.